The fourth-order valence-electron chi connectivity index (χ4n) is 8.46. The van der Waals surface area contributed by atoms with Gasteiger partial charge in [-0.3, -0.25) is 0 Å². The van der Waals surface area contributed by atoms with Gasteiger partial charge in [0.1, 0.15) is 0 Å². The maximum Gasteiger partial charge on any atom is 0.497 e. The molecule has 0 aliphatic carbocycles. The van der Waals surface area contributed by atoms with Crippen molar-refractivity contribution in [2.45, 2.75) is 233 Å². The van der Waals surface area contributed by atoms with Crippen molar-refractivity contribution in [3.63, 3.8) is 0 Å². The zero-order chi connectivity index (χ0) is 54.9. The lowest BCUT2D eigenvalue weighted by Crippen LogP contribution is -2.51. The molecule has 24 heteroatoms. The van der Waals surface area contributed by atoms with Crippen molar-refractivity contribution < 1.29 is 55.9 Å². The first-order valence-electron chi connectivity index (χ1n) is 24.6. The summed E-state index contributed by atoms with van der Waals surface area (Å²) in [4.78, 5) is 0. The molecular formula is C48H72B6Br6O12. The Balaban J connectivity index is 0.000000211. The lowest BCUT2D eigenvalue weighted by atomic mass is 9.66. The minimum Gasteiger partial charge on any atom is -0.399 e. The molecule has 0 spiro atoms. The Morgan fingerprint density at radius 3 is 0.319 bits per heavy atom. The van der Waals surface area contributed by atoms with Crippen molar-refractivity contribution in [2.24, 2.45) is 0 Å². The molecule has 2 aromatic rings. The molecule has 0 aromatic heterocycles. The predicted octanol–water partition coefficient (Wildman–Crippen LogP) is 9.74. The lowest BCUT2D eigenvalue weighted by molar-refractivity contribution is 0.00578. The van der Waals surface area contributed by atoms with E-state index in [1.807, 2.05) is 166 Å². The van der Waals surface area contributed by atoms with E-state index in [-0.39, 0.29) is 0 Å². The summed E-state index contributed by atoms with van der Waals surface area (Å²) in [5, 5.41) is 0. The summed E-state index contributed by atoms with van der Waals surface area (Å²) < 4.78 is 82.5. The van der Waals surface area contributed by atoms with E-state index in [1.54, 1.807) is 0 Å². The van der Waals surface area contributed by atoms with Crippen LogP contribution < -0.4 is 32.8 Å². The summed E-state index contributed by atoms with van der Waals surface area (Å²) in [6, 6.07) is 0. The summed E-state index contributed by atoms with van der Waals surface area (Å²) in [6.07, 6.45) is 0. The number of hydrogen-bond donors (Lipinski definition) is 0. The summed E-state index contributed by atoms with van der Waals surface area (Å²) >= 11 is 23.3. The third-order valence-electron chi connectivity index (χ3n) is 17.8. The second-order valence-corrected chi connectivity index (χ2v) is 30.7. The molecule has 2 aromatic carbocycles. The molecule has 0 saturated carbocycles. The van der Waals surface area contributed by atoms with Crippen LogP contribution in [-0.4, -0.2) is 110 Å². The standard InChI is InChI=1S/2C24H36B3Br3O6/c2*1-19(2)20(3,4)32-25(31-19)13-16(28)14(26-33-21(5,6)22(7,8)34-26)18(30)15(17(13)29)27-35-23(9,10)24(11,12)36-27/h2*1-12H3. The summed E-state index contributed by atoms with van der Waals surface area (Å²) in [5.74, 6) is 0. The molecule has 8 rings (SSSR count). The highest BCUT2D eigenvalue weighted by atomic mass is 79.9. The Labute approximate surface area is 483 Å². The van der Waals surface area contributed by atoms with Crippen LogP contribution in [0.5, 0.6) is 0 Å². The molecule has 0 amide bonds. The van der Waals surface area contributed by atoms with Crippen LogP contribution in [0.25, 0.3) is 0 Å². The summed E-state index contributed by atoms with van der Waals surface area (Å²) in [5.41, 5.74) is -1.40. The molecule has 0 N–H and O–H groups in total. The normalized spacial score (nSPS) is 27.2. The summed E-state index contributed by atoms with van der Waals surface area (Å²) in [7, 11) is -3.87. The van der Waals surface area contributed by atoms with Gasteiger partial charge in [-0.05, 0) is 166 Å². The molecule has 0 bridgehead atoms. The second kappa shape index (κ2) is 18.9. The predicted molar refractivity (Wildman–Crippen MR) is 313 cm³/mol. The van der Waals surface area contributed by atoms with Gasteiger partial charge in [0.05, 0.1) is 67.2 Å². The SMILES string of the molecule is CC1(C)OB(c2c(Br)c(B3OC(C)(C)C(C)(C)O3)c(Br)c(B3OC(C)(C)C(C)(C)O3)c2Br)OC1(C)C.CC1(C)OB(c2c(Br)c(B3OC(C)(C)C(C)(C)O3)c(Br)c(B3OC(C)(C)C(C)(C)O3)c2Br)OC1(C)C. The molecule has 0 atom stereocenters. The number of halogens is 6. The Hall–Kier alpha value is 1.23. The third-order valence-corrected chi connectivity index (χ3v) is 22.9. The van der Waals surface area contributed by atoms with Gasteiger partial charge in [-0.15, -0.1) is 0 Å². The Kier molecular flexibility index (Phi) is 16.0. The van der Waals surface area contributed by atoms with Crippen LogP contribution in [0.1, 0.15) is 166 Å². The quantitative estimate of drug-likeness (QED) is 0.257. The van der Waals surface area contributed by atoms with E-state index in [1.165, 1.54) is 0 Å². The van der Waals surface area contributed by atoms with Crippen LogP contribution in [0.2, 0.25) is 0 Å². The zero-order valence-corrected chi connectivity index (χ0v) is 56.1. The van der Waals surface area contributed by atoms with Gasteiger partial charge in [0.15, 0.2) is 0 Å². The lowest BCUT2D eigenvalue weighted by Gasteiger charge is -2.32. The van der Waals surface area contributed by atoms with Gasteiger partial charge < -0.3 is 55.9 Å². The van der Waals surface area contributed by atoms with Crippen molar-refractivity contribution in [1.29, 1.82) is 0 Å². The smallest absolute Gasteiger partial charge is 0.399 e. The van der Waals surface area contributed by atoms with Gasteiger partial charge in [0.25, 0.3) is 0 Å². The molecule has 6 aliphatic heterocycles. The first kappa shape index (κ1) is 60.9. The monoisotopic (exact) mass is 1380 g/mol. The average Bonchev–Trinajstić information content (AvgIpc) is 3.82. The first-order valence-corrected chi connectivity index (χ1v) is 29.4. The molecule has 6 fully saturated rings. The topological polar surface area (TPSA) is 111 Å². The van der Waals surface area contributed by atoms with Crippen LogP contribution in [0.4, 0.5) is 0 Å². The average molecular weight is 1390 g/mol. The Bertz CT molecular complexity index is 1940. The number of benzene rings is 2. The minimum atomic E-state index is -0.644. The highest BCUT2D eigenvalue weighted by Crippen LogP contribution is 2.45. The zero-order valence-electron chi connectivity index (χ0n) is 46.6. The molecule has 0 unspecified atom stereocenters. The van der Waals surface area contributed by atoms with Crippen molar-refractivity contribution in [1.82, 2.24) is 0 Å². The van der Waals surface area contributed by atoms with Gasteiger partial charge in [0, 0.05) is 59.6 Å². The van der Waals surface area contributed by atoms with Crippen molar-refractivity contribution in [2.75, 3.05) is 0 Å². The van der Waals surface area contributed by atoms with E-state index < -0.39 is 110 Å². The number of rotatable bonds is 6. The Morgan fingerprint density at radius 2 is 0.250 bits per heavy atom. The van der Waals surface area contributed by atoms with E-state index in [0.29, 0.717) is 0 Å². The fourth-order valence-corrected chi connectivity index (χ4v) is 14.7. The van der Waals surface area contributed by atoms with Gasteiger partial charge in [-0.2, -0.15) is 0 Å². The van der Waals surface area contributed by atoms with Crippen molar-refractivity contribution in [3.05, 3.63) is 26.8 Å². The van der Waals surface area contributed by atoms with Gasteiger partial charge in [-0.25, -0.2) is 0 Å². The van der Waals surface area contributed by atoms with E-state index in [0.717, 1.165) is 59.6 Å². The molecular weight excluding hydrogens is 1310 g/mol. The van der Waals surface area contributed by atoms with Crippen LogP contribution >= 0.6 is 95.6 Å². The molecule has 6 saturated heterocycles. The maximum atomic E-state index is 6.49. The van der Waals surface area contributed by atoms with Crippen LogP contribution in [0, 0.1) is 0 Å². The fraction of sp³-hybridized carbons (Fsp3) is 0.750. The van der Waals surface area contributed by atoms with E-state index in [4.69, 9.17) is 55.9 Å². The third kappa shape index (κ3) is 10.0. The molecule has 72 heavy (non-hydrogen) atoms. The minimum absolute atomic E-state index is 0.515. The summed E-state index contributed by atoms with van der Waals surface area (Å²) in [6.45, 7) is 49.0. The molecule has 0 radical (unpaired) electrons. The van der Waals surface area contributed by atoms with Crippen molar-refractivity contribution >= 4 is 171 Å². The Morgan fingerprint density at radius 1 is 0.181 bits per heavy atom. The highest BCUT2D eigenvalue weighted by Gasteiger charge is 2.61. The van der Waals surface area contributed by atoms with Crippen LogP contribution in [0.15, 0.2) is 26.8 Å². The van der Waals surface area contributed by atoms with Gasteiger partial charge in [0.2, 0.25) is 0 Å². The van der Waals surface area contributed by atoms with E-state index in [2.05, 4.69) is 95.6 Å². The van der Waals surface area contributed by atoms with Crippen molar-refractivity contribution in [3.8, 4) is 0 Å². The molecule has 6 heterocycles. The number of hydrogen-bond acceptors (Lipinski definition) is 12. The van der Waals surface area contributed by atoms with Crippen LogP contribution in [0.3, 0.4) is 0 Å². The van der Waals surface area contributed by atoms with Gasteiger partial charge in [-0.1, -0.05) is 95.6 Å². The molecule has 6 aliphatic rings. The van der Waals surface area contributed by atoms with E-state index in [9.17, 15) is 0 Å². The first-order chi connectivity index (χ1) is 32.1. The largest absolute Gasteiger partial charge is 0.497 e. The van der Waals surface area contributed by atoms with Crippen LogP contribution in [-0.2, 0) is 55.9 Å². The molecule has 396 valence electrons. The van der Waals surface area contributed by atoms with E-state index >= 15 is 0 Å². The molecule has 12 nitrogen and oxygen atoms in total. The second-order valence-electron chi connectivity index (χ2n) is 25.9. The van der Waals surface area contributed by atoms with Gasteiger partial charge >= 0.3 is 42.7 Å². The maximum absolute atomic E-state index is 6.49. The highest BCUT2D eigenvalue weighted by molar-refractivity contribution is 9.12.